The first kappa shape index (κ1) is 15.5. The van der Waals surface area contributed by atoms with Crippen molar-refractivity contribution >= 4 is 29.3 Å². The number of nitro groups is 1. The second kappa shape index (κ2) is 6.37. The van der Waals surface area contributed by atoms with Gasteiger partial charge in [0.15, 0.2) is 0 Å². The second-order valence-corrected chi connectivity index (χ2v) is 4.80. The number of benzene rings is 1. The lowest BCUT2D eigenvalue weighted by atomic mass is 10.2. The highest BCUT2D eigenvalue weighted by atomic mass is 16.6. The van der Waals surface area contributed by atoms with Crippen molar-refractivity contribution in [2.24, 2.45) is 5.10 Å². The van der Waals surface area contributed by atoms with Gasteiger partial charge in [-0.2, -0.15) is 5.01 Å². The molecule has 1 aromatic heterocycles. The molecule has 0 saturated carbocycles. The van der Waals surface area contributed by atoms with Crippen molar-refractivity contribution in [3.05, 3.63) is 64.1 Å². The minimum atomic E-state index is -0.507. The zero-order chi connectivity index (χ0) is 17.1. The maximum Gasteiger partial charge on any atom is 0.284 e. The van der Waals surface area contributed by atoms with E-state index in [1.807, 2.05) is 0 Å². The van der Waals surface area contributed by atoms with E-state index >= 15 is 0 Å². The number of ether oxygens (including phenoxy) is 1. The zero-order valence-corrected chi connectivity index (χ0v) is 12.7. The quantitative estimate of drug-likeness (QED) is 0.488. The Balaban J connectivity index is 1.95. The Morgan fingerprint density at radius 1 is 1.33 bits per heavy atom. The minimum Gasteiger partial charge on any atom is -0.476 e. The maximum absolute atomic E-state index is 12.6. The Hall–Kier alpha value is -3.42. The van der Waals surface area contributed by atoms with Gasteiger partial charge in [-0.3, -0.25) is 14.9 Å². The molecule has 122 valence electrons. The molecule has 2 heterocycles. The molecule has 8 heteroatoms. The number of carbonyl (C=O) groups excluding carboxylic acids is 1. The van der Waals surface area contributed by atoms with E-state index in [1.165, 1.54) is 30.5 Å². The van der Waals surface area contributed by atoms with Crippen LogP contribution in [-0.2, 0) is 9.53 Å². The predicted molar refractivity (Wildman–Crippen MR) is 86.3 cm³/mol. The molecule has 1 aromatic carbocycles. The number of hydrogen-bond donors (Lipinski definition) is 0. The fourth-order valence-corrected chi connectivity index (χ4v) is 2.17. The Morgan fingerprint density at radius 2 is 2.08 bits per heavy atom. The Morgan fingerprint density at radius 3 is 2.67 bits per heavy atom. The van der Waals surface area contributed by atoms with Gasteiger partial charge in [0, 0.05) is 12.1 Å². The van der Waals surface area contributed by atoms with Crippen molar-refractivity contribution in [3.63, 3.8) is 0 Å². The highest BCUT2D eigenvalue weighted by Gasteiger charge is 2.33. The summed E-state index contributed by atoms with van der Waals surface area (Å²) in [5.74, 6) is 0.275. The Kier molecular flexibility index (Phi) is 4.11. The summed E-state index contributed by atoms with van der Waals surface area (Å²) < 4.78 is 10.6. The third-order valence-corrected chi connectivity index (χ3v) is 3.26. The molecule has 0 unspecified atom stereocenters. The molecule has 1 aliphatic rings. The molecule has 0 saturated heterocycles. The van der Waals surface area contributed by atoms with Crippen LogP contribution < -0.4 is 5.01 Å². The standard InChI is InChI=1S/C16H13N3O5/c1-2-23-15-14(10-13-4-3-9-24-13)16(20)18(17-15)11-5-7-12(8-6-11)19(21)22/h3-10H,2H2,1H3/b14-10-. The molecule has 0 bridgehead atoms. The lowest BCUT2D eigenvalue weighted by molar-refractivity contribution is -0.384. The van der Waals surface area contributed by atoms with E-state index in [2.05, 4.69) is 5.10 Å². The van der Waals surface area contributed by atoms with Crippen molar-refractivity contribution < 1.29 is 18.9 Å². The normalized spacial score (nSPS) is 15.7. The molecular weight excluding hydrogens is 314 g/mol. The van der Waals surface area contributed by atoms with E-state index in [0.717, 1.165) is 5.01 Å². The van der Waals surface area contributed by atoms with Crippen molar-refractivity contribution in [1.82, 2.24) is 0 Å². The summed E-state index contributed by atoms with van der Waals surface area (Å²) >= 11 is 0. The van der Waals surface area contributed by atoms with Crippen molar-refractivity contribution in [1.29, 1.82) is 0 Å². The van der Waals surface area contributed by atoms with E-state index in [0.29, 0.717) is 18.1 Å². The van der Waals surface area contributed by atoms with Crippen molar-refractivity contribution in [2.75, 3.05) is 11.6 Å². The van der Waals surface area contributed by atoms with Crippen LogP contribution in [0.5, 0.6) is 0 Å². The number of rotatable bonds is 4. The third-order valence-electron chi connectivity index (χ3n) is 3.26. The summed E-state index contributed by atoms with van der Waals surface area (Å²) in [5, 5.41) is 16.0. The number of nitrogens with zero attached hydrogens (tertiary/aromatic N) is 3. The molecule has 3 rings (SSSR count). The SMILES string of the molecule is CCOC1=NN(c2ccc([N+](=O)[O-])cc2)C(=O)/C1=C\c1ccco1. The number of nitro benzene ring substituents is 1. The molecule has 1 amide bonds. The van der Waals surface area contributed by atoms with Gasteiger partial charge in [-0.25, -0.2) is 0 Å². The topological polar surface area (TPSA) is 98.2 Å². The van der Waals surface area contributed by atoms with E-state index in [4.69, 9.17) is 9.15 Å². The summed E-state index contributed by atoms with van der Waals surface area (Å²) in [6.07, 6.45) is 3.04. The van der Waals surface area contributed by atoms with E-state index < -0.39 is 10.8 Å². The van der Waals surface area contributed by atoms with E-state index in [-0.39, 0.29) is 17.2 Å². The van der Waals surface area contributed by atoms with Crippen LogP contribution in [0.15, 0.2) is 57.8 Å². The molecule has 8 nitrogen and oxygen atoms in total. The second-order valence-electron chi connectivity index (χ2n) is 4.80. The lowest BCUT2D eigenvalue weighted by Gasteiger charge is -2.10. The van der Waals surface area contributed by atoms with Gasteiger partial charge in [0.1, 0.15) is 11.3 Å². The first-order valence-corrected chi connectivity index (χ1v) is 7.16. The molecule has 0 spiro atoms. The minimum absolute atomic E-state index is 0.0641. The van der Waals surface area contributed by atoms with Gasteiger partial charge < -0.3 is 9.15 Å². The van der Waals surface area contributed by atoms with E-state index in [9.17, 15) is 14.9 Å². The van der Waals surface area contributed by atoms with Crippen LogP contribution in [0.2, 0.25) is 0 Å². The summed E-state index contributed by atoms with van der Waals surface area (Å²) in [6.45, 7) is 2.13. The van der Waals surface area contributed by atoms with Crippen LogP contribution in [0.4, 0.5) is 11.4 Å². The lowest BCUT2D eigenvalue weighted by Crippen LogP contribution is -2.21. The zero-order valence-electron chi connectivity index (χ0n) is 12.7. The highest BCUT2D eigenvalue weighted by molar-refractivity contribution is 6.30. The largest absolute Gasteiger partial charge is 0.476 e. The molecule has 2 aromatic rings. The number of anilines is 1. The fourth-order valence-electron chi connectivity index (χ4n) is 2.17. The van der Waals surface area contributed by atoms with Gasteiger partial charge in [-0.15, -0.1) is 5.10 Å². The van der Waals surface area contributed by atoms with Crippen LogP contribution in [-0.4, -0.2) is 23.3 Å². The maximum atomic E-state index is 12.6. The first-order valence-electron chi connectivity index (χ1n) is 7.16. The Bertz CT molecular complexity index is 822. The number of furan rings is 1. The summed E-state index contributed by atoms with van der Waals surface area (Å²) in [6, 6.07) is 8.95. The van der Waals surface area contributed by atoms with Crippen molar-refractivity contribution in [2.45, 2.75) is 6.92 Å². The van der Waals surface area contributed by atoms with Crippen LogP contribution in [0.3, 0.4) is 0 Å². The predicted octanol–water partition coefficient (Wildman–Crippen LogP) is 2.97. The fraction of sp³-hybridized carbons (Fsp3) is 0.125. The van der Waals surface area contributed by atoms with Crippen LogP contribution in [0.1, 0.15) is 12.7 Å². The molecule has 24 heavy (non-hydrogen) atoms. The first-order chi connectivity index (χ1) is 11.6. The van der Waals surface area contributed by atoms with Gasteiger partial charge >= 0.3 is 0 Å². The molecule has 0 N–H and O–H groups in total. The van der Waals surface area contributed by atoms with Crippen LogP contribution in [0.25, 0.3) is 6.08 Å². The van der Waals surface area contributed by atoms with Gasteiger partial charge in [0.25, 0.3) is 11.6 Å². The van der Waals surface area contributed by atoms with Gasteiger partial charge in [0.2, 0.25) is 5.90 Å². The van der Waals surface area contributed by atoms with Gasteiger partial charge in [-0.05, 0) is 37.3 Å². The summed E-state index contributed by atoms with van der Waals surface area (Å²) in [4.78, 5) is 22.8. The molecule has 0 aliphatic carbocycles. The Labute approximate surface area is 136 Å². The summed E-state index contributed by atoms with van der Waals surface area (Å²) in [7, 11) is 0. The van der Waals surface area contributed by atoms with Gasteiger partial charge in [0.05, 0.1) is 23.5 Å². The smallest absolute Gasteiger partial charge is 0.284 e. The van der Waals surface area contributed by atoms with Crippen LogP contribution >= 0.6 is 0 Å². The summed E-state index contributed by atoms with van der Waals surface area (Å²) in [5.41, 5.74) is 0.599. The average Bonchev–Trinajstić information content (AvgIpc) is 3.19. The molecule has 0 radical (unpaired) electrons. The number of amides is 1. The molecule has 1 aliphatic heterocycles. The highest BCUT2D eigenvalue weighted by Crippen LogP contribution is 2.27. The van der Waals surface area contributed by atoms with Crippen LogP contribution in [0, 0.1) is 10.1 Å². The monoisotopic (exact) mass is 327 g/mol. The number of hydrogen-bond acceptors (Lipinski definition) is 6. The van der Waals surface area contributed by atoms with E-state index in [1.54, 1.807) is 25.1 Å². The molecular formula is C16H13N3O5. The molecule has 0 fully saturated rings. The van der Waals surface area contributed by atoms with Crippen molar-refractivity contribution in [3.8, 4) is 0 Å². The molecule has 0 atom stereocenters. The number of non-ortho nitro benzene ring substituents is 1. The average molecular weight is 327 g/mol. The van der Waals surface area contributed by atoms with Gasteiger partial charge in [-0.1, -0.05) is 0 Å². The number of hydrazone groups is 1. The third kappa shape index (κ3) is 2.89. The number of carbonyl (C=O) groups is 1.